The van der Waals surface area contributed by atoms with E-state index in [1.807, 2.05) is 0 Å². The van der Waals surface area contributed by atoms with E-state index in [0.717, 1.165) is 18.4 Å². The molecule has 1 aliphatic rings. The van der Waals surface area contributed by atoms with Crippen molar-refractivity contribution >= 4 is 15.9 Å². The molecule has 0 radical (unpaired) electrons. The summed E-state index contributed by atoms with van der Waals surface area (Å²) >= 11 is 3.57. The Bertz CT molecular complexity index is 154. The number of hydrogen-bond acceptors (Lipinski definition) is 1. The third-order valence-electron chi connectivity index (χ3n) is 2.94. The Morgan fingerprint density at radius 3 is 2.00 bits per heavy atom. The molecule has 0 unspecified atom stereocenters. The summed E-state index contributed by atoms with van der Waals surface area (Å²) in [6, 6.07) is 0. The van der Waals surface area contributed by atoms with E-state index in [4.69, 9.17) is 4.74 Å². The first kappa shape index (κ1) is 12.5. The van der Waals surface area contributed by atoms with E-state index < -0.39 is 0 Å². The normalized spacial score (nSPS) is 29.1. The van der Waals surface area contributed by atoms with Crippen LogP contribution in [0.4, 0.5) is 0 Å². The second-order valence-electron chi connectivity index (χ2n) is 5.46. The number of rotatable bonds is 3. The van der Waals surface area contributed by atoms with Crippen LogP contribution in [0.2, 0.25) is 0 Å². The van der Waals surface area contributed by atoms with Crippen molar-refractivity contribution in [3.63, 3.8) is 0 Å². The molecule has 1 aliphatic carbocycles. The molecule has 0 aliphatic heterocycles. The van der Waals surface area contributed by atoms with E-state index >= 15 is 0 Å². The van der Waals surface area contributed by atoms with Crippen molar-refractivity contribution in [3.8, 4) is 0 Å². The SMILES string of the molecule is CC(C)(C)OCC1CCC(CBr)CC1. The second-order valence-corrected chi connectivity index (χ2v) is 6.11. The molecule has 0 bridgehead atoms. The molecule has 1 saturated carbocycles. The van der Waals surface area contributed by atoms with E-state index in [-0.39, 0.29) is 5.60 Å². The first-order valence-electron chi connectivity index (χ1n) is 5.71. The molecule has 0 heterocycles. The number of alkyl halides is 1. The highest BCUT2D eigenvalue weighted by atomic mass is 79.9. The Morgan fingerprint density at radius 2 is 1.57 bits per heavy atom. The van der Waals surface area contributed by atoms with Crippen molar-refractivity contribution in [1.82, 2.24) is 0 Å². The van der Waals surface area contributed by atoms with Gasteiger partial charge in [0.25, 0.3) is 0 Å². The Labute approximate surface area is 96.7 Å². The molecule has 0 N–H and O–H groups in total. The van der Waals surface area contributed by atoms with Crippen LogP contribution in [0.3, 0.4) is 0 Å². The first-order chi connectivity index (χ1) is 6.51. The zero-order valence-corrected chi connectivity index (χ0v) is 11.3. The largest absolute Gasteiger partial charge is 0.376 e. The molecular weight excluding hydrogens is 240 g/mol. The fraction of sp³-hybridized carbons (Fsp3) is 1.00. The zero-order valence-electron chi connectivity index (χ0n) is 9.68. The lowest BCUT2D eigenvalue weighted by molar-refractivity contribution is -0.0296. The molecule has 1 nitrogen and oxygen atoms in total. The predicted octanol–water partition coefficient (Wildman–Crippen LogP) is 4.00. The van der Waals surface area contributed by atoms with Crippen LogP contribution in [0.1, 0.15) is 46.5 Å². The van der Waals surface area contributed by atoms with Crippen molar-refractivity contribution in [2.45, 2.75) is 52.1 Å². The fourth-order valence-electron chi connectivity index (χ4n) is 1.92. The molecule has 0 amide bonds. The van der Waals surface area contributed by atoms with Gasteiger partial charge in [-0.15, -0.1) is 0 Å². The van der Waals surface area contributed by atoms with E-state index in [1.165, 1.54) is 31.0 Å². The lowest BCUT2D eigenvalue weighted by atomic mass is 9.83. The van der Waals surface area contributed by atoms with Crippen LogP contribution in [0.25, 0.3) is 0 Å². The van der Waals surface area contributed by atoms with Gasteiger partial charge in [0.2, 0.25) is 0 Å². The van der Waals surface area contributed by atoms with Gasteiger partial charge in [-0.3, -0.25) is 0 Å². The number of hydrogen-bond donors (Lipinski definition) is 0. The Hall–Kier alpha value is 0.440. The van der Waals surface area contributed by atoms with Crippen molar-refractivity contribution in [2.24, 2.45) is 11.8 Å². The monoisotopic (exact) mass is 262 g/mol. The standard InChI is InChI=1S/C12H23BrO/c1-12(2,3)14-9-11-6-4-10(8-13)5-7-11/h10-11H,4-9H2,1-3H3. The summed E-state index contributed by atoms with van der Waals surface area (Å²) in [5.41, 5.74) is 0.0340. The average molecular weight is 263 g/mol. The molecule has 84 valence electrons. The van der Waals surface area contributed by atoms with Gasteiger partial charge in [0, 0.05) is 5.33 Å². The van der Waals surface area contributed by atoms with Gasteiger partial charge in [-0.1, -0.05) is 15.9 Å². The molecule has 0 aromatic carbocycles. The summed E-state index contributed by atoms with van der Waals surface area (Å²) in [5, 5.41) is 1.18. The maximum absolute atomic E-state index is 5.83. The molecule has 1 fully saturated rings. The second kappa shape index (κ2) is 5.50. The third kappa shape index (κ3) is 4.79. The van der Waals surface area contributed by atoms with Crippen molar-refractivity contribution in [1.29, 1.82) is 0 Å². The van der Waals surface area contributed by atoms with Gasteiger partial charge >= 0.3 is 0 Å². The van der Waals surface area contributed by atoms with Gasteiger partial charge in [0.15, 0.2) is 0 Å². The smallest absolute Gasteiger partial charge is 0.0598 e. The van der Waals surface area contributed by atoms with Crippen LogP contribution in [0.5, 0.6) is 0 Å². The van der Waals surface area contributed by atoms with Crippen molar-refractivity contribution in [3.05, 3.63) is 0 Å². The minimum atomic E-state index is 0.0340. The molecule has 0 atom stereocenters. The Morgan fingerprint density at radius 1 is 1.07 bits per heavy atom. The quantitative estimate of drug-likeness (QED) is 0.699. The molecule has 0 saturated heterocycles. The maximum atomic E-state index is 5.83. The van der Waals surface area contributed by atoms with E-state index in [1.54, 1.807) is 0 Å². The van der Waals surface area contributed by atoms with Crippen molar-refractivity contribution < 1.29 is 4.74 Å². The maximum Gasteiger partial charge on any atom is 0.0598 e. The van der Waals surface area contributed by atoms with Crippen LogP contribution >= 0.6 is 15.9 Å². The van der Waals surface area contributed by atoms with Gasteiger partial charge in [0.05, 0.1) is 12.2 Å². The molecule has 2 heteroatoms. The van der Waals surface area contributed by atoms with E-state index in [2.05, 4.69) is 36.7 Å². The Balaban J connectivity index is 2.16. The molecule has 1 rings (SSSR count). The highest BCUT2D eigenvalue weighted by Crippen LogP contribution is 2.30. The Kier molecular flexibility index (Phi) is 4.92. The summed E-state index contributed by atoms with van der Waals surface area (Å²) in [6.07, 6.45) is 5.46. The van der Waals surface area contributed by atoms with Gasteiger partial charge in [0.1, 0.15) is 0 Å². The number of halogens is 1. The van der Waals surface area contributed by atoms with Crippen LogP contribution in [0.15, 0.2) is 0 Å². The van der Waals surface area contributed by atoms with Gasteiger partial charge in [-0.2, -0.15) is 0 Å². The predicted molar refractivity (Wildman–Crippen MR) is 64.9 cm³/mol. The molecule has 0 aromatic heterocycles. The van der Waals surface area contributed by atoms with Gasteiger partial charge in [-0.05, 0) is 58.3 Å². The fourth-order valence-corrected chi connectivity index (χ4v) is 2.57. The van der Waals surface area contributed by atoms with Crippen LogP contribution in [0, 0.1) is 11.8 Å². The van der Waals surface area contributed by atoms with Crippen LogP contribution in [-0.2, 0) is 4.74 Å². The summed E-state index contributed by atoms with van der Waals surface area (Å²) < 4.78 is 5.83. The topological polar surface area (TPSA) is 9.23 Å². The van der Waals surface area contributed by atoms with Crippen LogP contribution < -0.4 is 0 Å². The van der Waals surface area contributed by atoms with Gasteiger partial charge < -0.3 is 4.74 Å². The minimum Gasteiger partial charge on any atom is -0.376 e. The molecule has 0 spiro atoms. The zero-order chi connectivity index (χ0) is 10.6. The van der Waals surface area contributed by atoms with Gasteiger partial charge in [-0.25, -0.2) is 0 Å². The lowest BCUT2D eigenvalue weighted by Crippen LogP contribution is -2.26. The van der Waals surface area contributed by atoms with E-state index in [0.29, 0.717) is 0 Å². The third-order valence-corrected chi connectivity index (χ3v) is 3.85. The first-order valence-corrected chi connectivity index (χ1v) is 6.83. The lowest BCUT2D eigenvalue weighted by Gasteiger charge is -2.30. The highest BCUT2D eigenvalue weighted by Gasteiger charge is 2.22. The number of ether oxygens (including phenoxy) is 1. The van der Waals surface area contributed by atoms with Crippen molar-refractivity contribution in [2.75, 3.05) is 11.9 Å². The summed E-state index contributed by atoms with van der Waals surface area (Å²) in [7, 11) is 0. The highest BCUT2D eigenvalue weighted by molar-refractivity contribution is 9.09. The molecule has 0 aromatic rings. The summed E-state index contributed by atoms with van der Waals surface area (Å²) in [6.45, 7) is 7.36. The summed E-state index contributed by atoms with van der Waals surface area (Å²) in [5.74, 6) is 1.73. The average Bonchev–Trinajstić information content (AvgIpc) is 2.14. The van der Waals surface area contributed by atoms with E-state index in [9.17, 15) is 0 Å². The minimum absolute atomic E-state index is 0.0340. The van der Waals surface area contributed by atoms with Crippen LogP contribution in [-0.4, -0.2) is 17.5 Å². The molecule has 14 heavy (non-hydrogen) atoms. The summed E-state index contributed by atoms with van der Waals surface area (Å²) in [4.78, 5) is 0. The molecular formula is C12H23BrO.